The van der Waals surface area contributed by atoms with Gasteiger partial charge >= 0.3 is 0 Å². The first-order valence-electron chi connectivity index (χ1n) is 6.18. The smallest absolute Gasteiger partial charge is 0.0410 e. The maximum absolute atomic E-state index is 4.24. The van der Waals surface area contributed by atoms with Crippen LogP contribution in [0.2, 0.25) is 0 Å². The minimum Gasteiger partial charge on any atom is -0.316 e. The van der Waals surface area contributed by atoms with E-state index in [4.69, 9.17) is 0 Å². The molecule has 1 fully saturated rings. The van der Waals surface area contributed by atoms with Crippen LogP contribution in [0.15, 0.2) is 22.9 Å². The summed E-state index contributed by atoms with van der Waals surface area (Å²) >= 11 is 5.61. The van der Waals surface area contributed by atoms with Gasteiger partial charge in [0.15, 0.2) is 0 Å². The highest BCUT2D eigenvalue weighted by atomic mass is 79.9. The Morgan fingerprint density at radius 3 is 3.06 bits per heavy atom. The van der Waals surface area contributed by atoms with E-state index in [1.54, 1.807) is 0 Å². The lowest BCUT2D eigenvalue weighted by atomic mass is 10.0. The van der Waals surface area contributed by atoms with Gasteiger partial charge in [-0.15, -0.1) is 0 Å². The molecule has 1 aliphatic rings. The number of likely N-dealkylation sites (N-methyl/N-ethyl adjacent to an activating group) is 1. The average Bonchev–Trinajstić information content (AvgIpc) is 2.37. The molecule has 2 nitrogen and oxygen atoms in total. The van der Waals surface area contributed by atoms with Crippen LogP contribution in [-0.2, 0) is 6.42 Å². The van der Waals surface area contributed by atoms with Crippen molar-refractivity contribution < 1.29 is 0 Å². The molecule has 1 aromatic heterocycles. The Hall–Kier alpha value is -0.0600. The molecule has 17 heavy (non-hydrogen) atoms. The van der Waals surface area contributed by atoms with Gasteiger partial charge in [-0.1, -0.05) is 6.42 Å². The fourth-order valence-electron chi connectivity index (χ4n) is 2.32. The Morgan fingerprint density at radius 1 is 1.53 bits per heavy atom. The molecule has 0 bridgehead atoms. The summed E-state index contributed by atoms with van der Waals surface area (Å²) in [5, 5.41) is 4.23. The number of halogens is 1. The zero-order chi connectivity index (χ0) is 12.1. The first-order chi connectivity index (χ1) is 8.29. The summed E-state index contributed by atoms with van der Waals surface area (Å²) in [6.07, 6.45) is 9.00. The van der Waals surface area contributed by atoms with E-state index in [0.29, 0.717) is 6.04 Å². The van der Waals surface area contributed by atoms with Gasteiger partial charge in [0.1, 0.15) is 0 Å². The van der Waals surface area contributed by atoms with Crippen LogP contribution in [0.25, 0.3) is 0 Å². The molecular formula is C13H19BrN2S. The largest absolute Gasteiger partial charge is 0.316 e. The van der Waals surface area contributed by atoms with E-state index >= 15 is 0 Å². The molecule has 1 N–H and O–H groups in total. The monoisotopic (exact) mass is 314 g/mol. The second-order valence-electron chi connectivity index (χ2n) is 4.52. The van der Waals surface area contributed by atoms with Gasteiger partial charge < -0.3 is 5.32 Å². The average molecular weight is 315 g/mol. The highest BCUT2D eigenvalue weighted by Crippen LogP contribution is 2.29. The third-order valence-electron chi connectivity index (χ3n) is 3.25. The lowest BCUT2D eigenvalue weighted by Crippen LogP contribution is -2.39. The molecule has 0 radical (unpaired) electrons. The molecule has 1 aliphatic heterocycles. The highest BCUT2D eigenvalue weighted by Gasteiger charge is 2.23. The minimum atomic E-state index is 0.566. The topological polar surface area (TPSA) is 24.9 Å². The lowest BCUT2D eigenvalue weighted by molar-refractivity contribution is 0.494. The maximum Gasteiger partial charge on any atom is 0.0410 e. The predicted molar refractivity (Wildman–Crippen MR) is 78.6 cm³/mol. The van der Waals surface area contributed by atoms with Crippen molar-refractivity contribution in [2.24, 2.45) is 0 Å². The Bertz CT molecular complexity index is 353. The third kappa shape index (κ3) is 3.97. The van der Waals surface area contributed by atoms with Crippen LogP contribution in [0, 0.1) is 0 Å². The van der Waals surface area contributed by atoms with Gasteiger partial charge in [0.25, 0.3) is 0 Å². The molecule has 2 heterocycles. The van der Waals surface area contributed by atoms with Crippen LogP contribution in [0.4, 0.5) is 0 Å². The molecule has 0 aromatic carbocycles. The molecule has 0 aliphatic carbocycles. The van der Waals surface area contributed by atoms with Crippen molar-refractivity contribution in [3.63, 3.8) is 0 Å². The van der Waals surface area contributed by atoms with Crippen molar-refractivity contribution in [2.45, 2.75) is 37.0 Å². The van der Waals surface area contributed by atoms with Crippen LogP contribution >= 0.6 is 27.7 Å². The van der Waals surface area contributed by atoms with Crippen molar-refractivity contribution in [1.82, 2.24) is 10.3 Å². The Labute approximate surface area is 116 Å². The molecule has 0 amide bonds. The summed E-state index contributed by atoms with van der Waals surface area (Å²) in [6, 6.07) is 2.74. The number of thioether (sulfide) groups is 1. The second-order valence-corrected chi connectivity index (χ2v) is 6.78. The van der Waals surface area contributed by atoms with Gasteiger partial charge in [-0.3, -0.25) is 4.98 Å². The highest BCUT2D eigenvalue weighted by molar-refractivity contribution is 9.10. The molecule has 94 valence electrons. The van der Waals surface area contributed by atoms with Crippen LogP contribution in [0.5, 0.6) is 0 Å². The normalized spacial score (nSPS) is 22.4. The van der Waals surface area contributed by atoms with E-state index in [-0.39, 0.29) is 0 Å². The number of nitrogens with one attached hydrogen (secondary N) is 1. The zero-order valence-electron chi connectivity index (χ0n) is 10.2. The number of hydrogen-bond donors (Lipinski definition) is 1. The molecule has 2 unspecified atom stereocenters. The van der Waals surface area contributed by atoms with E-state index in [1.165, 1.54) is 30.6 Å². The first kappa shape index (κ1) is 13.4. The van der Waals surface area contributed by atoms with E-state index < -0.39 is 0 Å². The summed E-state index contributed by atoms with van der Waals surface area (Å²) < 4.78 is 1.07. The molecular weight excluding hydrogens is 296 g/mol. The minimum absolute atomic E-state index is 0.566. The summed E-state index contributed by atoms with van der Waals surface area (Å²) in [5.74, 6) is 1.32. The summed E-state index contributed by atoms with van der Waals surface area (Å²) in [5.41, 5.74) is 1.31. The first-order valence-corrected chi connectivity index (χ1v) is 8.02. The molecule has 0 spiro atoms. The Morgan fingerprint density at radius 2 is 2.41 bits per heavy atom. The van der Waals surface area contributed by atoms with Crippen LogP contribution in [-0.4, -0.2) is 29.1 Å². The summed E-state index contributed by atoms with van der Waals surface area (Å²) in [6.45, 7) is 0. The number of nitrogens with zero attached hydrogens (tertiary/aromatic N) is 1. The van der Waals surface area contributed by atoms with Crippen molar-refractivity contribution >= 4 is 27.7 Å². The zero-order valence-corrected chi connectivity index (χ0v) is 12.6. The number of hydrogen-bond acceptors (Lipinski definition) is 3. The van der Waals surface area contributed by atoms with Gasteiger partial charge in [0.2, 0.25) is 0 Å². The Balaban J connectivity index is 1.98. The van der Waals surface area contributed by atoms with E-state index in [9.17, 15) is 0 Å². The number of aromatic nitrogens is 1. The van der Waals surface area contributed by atoms with Gasteiger partial charge in [-0.25, -0.2) is 0 Å². The SMILES string of the molecule is CNC(Cc1cncc(Br)c1)C1CCCCS1. The molecule has 2 rings (SSSR count). The fourth-order valence-corrected chi connectivity index (χ4v) is 4.21. The van der Waals surface area contributed by atoms with Crippen LogP contribution in [0.1, 0.15) is 24.8 Å². The van der Waals surface area contributed by atoms with Crippen LogP contribution in [0.3, 0.4) is 0 Å². The maximum atomic E-state index is 4.24. The summed E-state index contributed by atoms with van der Waals surface area (Å²) in [4.78, 5) is 4.24. The molecule has 1 aromatic rings. The van der Waals surface area contributed by atoms with Crippen molar-refractivity contribution in [3.05, 3.63) is 28.5 Å². The lowest BCUT2D eigenvalue weighted by Gasteiger charge is -2.29. The third-order valence-corrected chi connectivity index (χ3v) is 5.20. The standard InChI is InChI=1S/C13H19BrN2S/c1-15-12(13-4-2-3-5-17-13)7-10-6-11(14)9-16-8-10/h6,8-9,12-13,15H,2-5,7H2,1H3. The second kappa shape index (κ2) is 6.76. The molecule has 1 saturated heterocycles. The molecule has 2 atom stereocenters. The van der Waals surface area contributed by atoms with Crippen molar-refractivity contribution in [2.75, 3.05) is 12.8 Å². The van der Waals surface area contributed by atoms with Gasteiger partial charge in [-0.2, -0.15) is 11.8 Å². The Kier molecular flexibility index (Phi) is 5.32. The van der Waals surface area contributed by atoms with Gasteiger partial charge in [0.05, 0.1) is 0 Å². The fraction of sp³-hybridized carbons (Fsp3) is 0.615. The van der Waals surface area contributed by atoms with E-state index in [2.05, 4.69) is 51.1 Å². The number of rotatable bonds is 4. The van der Waals surface area contributed by atoms with Gasteiger partial charge in [-0.05, 0) is 59.6 Å². The van der Waals surface area contributed by atoms with Crippen molar-refractivity contribution in [1.29, 1.82) is 0 Å². The van der Waals surface area contributed by atoms with E-state index in [1.807, 2.05) is 12.4 Å². The van der Waals surface area contributed by atoms with Gasteiger partial charge in [0, 0.05) is 28.2 Å². The molecule has 4 heteroatoms. The predicted octanol–water partition coefficient (Wildman–Crippen LogP) is 3.26. The van der Waals surface area contributed by atoms with Crippen LogP contribution < -0.4 is 5.32 Å². The van der Waals surface area contributed by atoms with Crippen molar-refractivity contribution in [3.8, 4) is 0 Å². The molecule has 0 saturated carbocycles. The quantitative estimate of drug-likeness (QED) is 0.923. The summed E-state index contributed by atoms with van der Waals surface area (Å²) in [7, 11) is 2.07. The van der Waals surface area contributed by atoms with E-state index in [0.717, 1.165) is 16.1 Å². The number of pyridine rings is 1.